The molecular weight excluding hydrogens is 372 g/mol. The van der Waals surface area contributed by atoms with Crippen molar-refractivity contribution in [3.8, 4) is 11.3 Å². The van der Waals surface area contributed by atoms with Gasteiger partial charge in [-0.2, -0.15) is 9.47 Å². The molecule has 144 valence electrons. The van der Waals surface area contributed by atoms with Gasteiger partial charge in [0, 0.05) is 25.0 Å². The molecule has 1 aliphatic heterocycles. The Morgan fingerprint density at radius 3 is 2.96 bits per heavy atom. The van der Waals surface area contributed by atoms with Crippen LogP contribution in [-0.4, -0.2) is 41.6 Å². The molecule has 4 aromatic rings. The lowest BCUT2D eigenvalue weighted by atomic mass is 10.0. The molecule has 1 aliphatic rings. The molecule has 1 atom stereocenters. The Labute approximate surface area is 166 Å². The van der Waals surface area contributed by atoms with Crippen LogP contribution in [0.15, 0.2) is 30.9 Å². The molecule has 28 heavy (non-hydrogen) atoms. The average Bonchev–Trinajstić information content (AvgIpc) is 3.43. The number of aromatic nitrogens is 6. The zero-order valence-electron chi connectivity index (χ0n) is 15.9. The number of nitrogens with one attached hydrogen (secondary N) is 2. The van der Waals surface area contributed by atoms with Crippen LogP contribution in [0.4, 0.5) is 10.8 Å². The van der Waals surface area contributed by atoms with Crippen molar-refractivity contribution in [1.29, 1.82) is 0 Å². The molecule has 4 aromatic heterocycles. The van der Waals surface area contributed by atoms with Crippen molar-refractivity contribution < 1.29 is 0 Å². The Morgan fingerprint density at radius 1 is 1.32 bits per heavy atom. The van der Waals surface area contributed by atoms with Crippen LogP contribution < -0.4 is 10.6 Å². The van der Waals surface area contributed by atoms with Crippen LogP contribution in [0.2, 0.25) is 0 Å². The van der Waals surface area contributed by atoms with Crippen molar-refractivity contribution >= 4 is 28.0 Å². The van der Waals surface area contributed by atoms with Gasteiger partial charge in [-0.05, 0) is 56.4 Å². The van der Waals surface area contributed by atoms with E-state index in [4.69, 9.17) is 4.98 Å². The van der Waals surface area contributed by atoms with E-state index in [1.807, 2.05) is 38.6 Å². The third-order valence-corrected chi connectivity index (χ3v) is 5.87. The summed E-state index contributed by atoms with van der Waals surface area (Å²) in [6.07, 6.45) is 10.0. The summed E-state index contributed by atoms with van der Waals surface area (Å²) < 4.78 is 8.29. The van der Waals surface area contributed by atoms with E-state index in [0.29, 0.717) is 5.92 Å². The number of nitrogens with zero attached hydrogens (tertiary/aromatic N) is 6. The highest BCUT2D eigenvalue weighted by molar-refractivity contribution is 7.10. The van der Waals surface area contributed by atoms with Gasteiger partial charge in [0.25, 0.3) is 0 Å². The van der Waals surface area contributed by atoms with Gasteiger partial charge >= 0.3 is 0 Å². The minimum absolute atomic E-state index is 0.619. The minimum Gasteiger partial charge on any atom is -0.328 e. The molecule has 0 aliphatic carbocycles. The highest BCUT2D eigenvalue weighted by Gasteiger charge is 2.19. The van der Waals surface area contributed by atoms with Gasteiger partial charge in [0.05, 0.1) is 29.5 Å². The van der Waals surface area contributed by atoms with Crippen LogP contribution in [0.25, 0.3) is 16.9 Å². The van der Waals surface area contributed by atoms with E-state index in [0.717, 1.165) is 58.6 Å². The number of hydrogen-bond donors (Lipinski definition) is 2. The average molecular weight is 395 g/mol. The zero-order chi connectivity index (χ0) is 19.1. The molecule has 1 saturated heterocycles. The summed E-state index contributed by atoms with van der Waals surface area (Å²) in [5, 5.41) is 12.1. The van der Waals surface area contributed by atoms with E-state index in [9.17, 15) is 0 Å². The number of anilines is 2. The fraction of sp³-hybridized carbons (Fsp3) is 0.368. The maximum Gasteiger partial charge on any atom is 0.180 e. The van der Waals surface area contributed by atoms with Gasteiger partial charge in [0.2, 0.25) is 0 Å². The summed E-state index contributed by atoms with van der Waals surface area (Å²) >= 11 is 1.44. The van der Waals surface area contributed by atoms with Crippen molar-refractivity contribution in [1.82, 2.24) is 33.8 Å². The van der Waals surface area contributed by atoms with Gasteiger partial charge in [-0.15, -0.1) is 0 Å². The highest BCUT2D eigenvalue weighted by Crippen LogP contribution is 2.28. The molecular formula is C19H22N8S. The number of aryl methyl sites for hydroxylation is 2. The predicted molar refractivity (Wildman–Crippen MR) is 110 cm³/mol. The number of hydrogen-bond acceptors (Lipinski definition) is 7. The van der Waals surface area contributed by atoms with Crippen LogP contribution >= 0.6 is 11.5 Å². The SMILES string of the molecule is Cc1cc(Nc2nc(CC3CCNC3)cn3c(-c4cnn(C)c4)cnc23)sn1. The summed E-state index contributed by atoms with van der Waals surface area (Å²) in [7, 11) is 1.92. The monoisotopic (exact) mass is 394 g/mol. The lowest BCUT2D eigenvalue weighted by Gasteiger charge is -2.12. The van der Waals surface area contributed by atoms with Crippen LogP contribution in [0.1, 0.15) is 17.8 Å². The van der Waals surface area contributed by atoms with E-state index in [1.54, 1.807) is 4.68 Å². The zero-order valence-corrected chi connectivity index (χ0v) is 16.7. The number of imidazole rings is 1. The Bertz CT molecular complexity index is 1120. The van der Waals surface area contributed by atoms with Gasteiger partial charge in [-0.25, -0.2) is 9.97 Å². The number of fused-ring (bicyclic) bond motifs is 1. The summed E-state index contributed by atoms with van der Waals surface area (Å²) in [5.41, 5.74) is 4.91. The first-order valence-corrected chi connectivity index (χ1v) is 10.2. The maximum absolute atomic E-state index is 4.92. The van der Waals surface area contributed by atoms with Gasteiger partial charge in [0.15, 0.2) is 11.5 Å². The van der Waals surface area contributed by atoms with E-state index in [2.05, 4.69) is 35.7 Å². The second-order valence-electron chi connectivity index (χ2n) is 7.34. The normalized spacial score (nSPS) is 16.9. The van der Waals surface area contributed by atoms with E-state index >= 15 is 0 Å². The molecule has 8 nitrogen and oxygen atoms in total. The Morgan fingerprint density at radius 2 is 2.25 bits per heavy atom. The van der Waals surface area contributed by atoms with Crippen molar-refractivity contribution in [2.24, 2.45) is 13.0 Å². The van der Waals surface area contributed by atoms with Crippen LogP contribution in [-0.2, 0) is 13.5 Å². The largest absolute Gasteiger partial charge is 0.328 e. The molecule has 0 saturated carbocycles. The Hall–Kier alpha value is -2.78. The molecule has 0 amide bonds. The van der Waals surface area contributed by atoms with Crippen molar-refractivity contribution in [3.05, 3.63) is 42.2 Å². The van der Waals surface area contributed by atoms with Crippen LogP contribution in [0.3, 0.4) is 0 Å². The quantitative estimate of drug-likeness (QED) is 0.541. The van der Waals surface area contributed by atoms with Crippen LogP contribution in [0.5, 0.6) is 0 Å². The van der Waals surface area contributed by atoms with Gasteiger partial charge in [-0.1, -0.05) is 0 Å². The molecule has 0 aromatic carbocycles. The van der Waals surface area contributed by atoms with E-state index < -0.39 is 0 Å². The Kier molecular flexibility index (Phi) is 4.33. The molecule has 5 heterocycles. The van der Waals surface area contributed by atoms with E-state index in [-0.39, 0.29) is 0 Å². The van der Waals surface area contributed by atoms with E-state index in [1.165, 1.54) is 18.0 Å². The van der Waals surface area contributed by atoms with Crippen molar-refractivity contribution in [2.45, 2.75) is 19.8 Å². The summed E-state index contributed by atoms with van der Waals surface area (Å²) in [4.78, 5) is 9.57. The molecule has 9 heteroatoms. The highest BCUT2D eigenvalue weighted by atomic mass is 32.1. The second-order valence-corrected chi connectivity index (χ2v) is 8.15. The third kappa shape index (κ3) is 3.27. The first-order valence-electron chi connectivity index (χ1n) is 9.43. The van der Waals surface area contributed by atoms with Gasteiger partial charge in [-0.3, -0.25) is 9.08 Å². The van der Waals surface area contributed by atoms with Crippen molar-refractivity contribution in [3.63, 3.8) is 0 Å². The van der Waals surface area contributed by atoms with Crippen LogP contribution in [0, 0.1) is 12.8 Å². The maximum atomic E-state index is 4.92. The van der Waals surface area contributed by atoms with Gasteiger partial charge in [0.1, 0.15) is 5.00 Å². The fourth-order valence-corrected chi connectivity index (χ4v) is 4.37. The standard InChI is InChI=1S/C19H22N8S/c1-12-5-17(28-25-12)24-18-19-21-9-16(14-8-22-26(2)10-14)27(19)11-15(23-18)6-13-3-4-20-7-13/h5,8-11,13,20H,3-4,6-7H2,1-2H3,(H,23,24). The lowest BCUT2D eigenvalue weighted by Crippen LogP contribution is -2.12. The minimum atomic E-state index is 0.619. The molecule has 0 bridgehead atoms. The fourth-order valence-electron chi connectivity index (χ4n) is 3.71. The smallest absolute Gasteiger partial charge is 0.180 e. The molecule has 0 radical (unpaired) electrons. The first kappa shape index (κ1) is 17.3. The first-order chi connectivity index (χ1) is 13.7. The third-order valence-electron chi connectivity index (χ3n) is 5.07. The van der Waals surface area contributed by atoms with Gasteiger partial charge < -0.3 is 10.6 Å². The van der Waals surface area contributed by atoms with Crippen molar-refractivity contribution in [2.75, 3.05) is 18.4 Å². The molecule has 5 rings (SSSR count). The topological polar surface area (TPSA) is 85.0 Å². The molecule has 1 fully saturated rings. The Balaban J connectivity index is 1.60. The summed E-state index contributed by atoms with van der Waals surface area (Å²) in [5.74, 6) is 1.39. The molecule has 0 spiro atoms. The molecule has 1 unspecified atom stereocenters. The summed E-state index contributed by atoms with van der Waals surface area (Å²) in [6, 6.07) is 2.03. The predicted octanol–water partition coefficient (Wildman–Crippen LogP) is 2.79. The second kappa shape index (κ2) is 6.99. The lowest BCUT2D eigenvalue weighted by molar-refractivity contribution is 0.570. The molecule has 2 N–H and O–H groups in total. The number of rotatable bonds is 5. The summed E-state index contributed by atoms with van der Waals surface area (Å²) in [6.45, 7) is 4.13.